The van der Waals surface area contributed by atoms with Gasteiger partial charge in [-0.2, -0.15) is 10.4 Å². The Morgan fingerprint density at radius 1 is 1.00 bits per heavy atom. The van der Waals surface area contributed by atoms with Crippen LogP contribution in [0.25, 0.3) is 0 Å². The van der Waals surface area contributed by atoms with Gasteiger partial charge in [-0.1, -0.05) is 24.3 Å². The second-order valence-electron chi connectivity index (χ2n) is 7.39. The molecule has 0 unspecified atom stereocenters. The highest BCUT2D eigenvalue weighted by Crippen LogP contribution is 2.19. The van der Waals surface area contributed by atoms with Crippen LogP contribution in [0.15, 0.2) is 54.6 Å². The van der Waals surface area contributed by atoms with E-state index in [9.17, 15) is 4.39 Å². The molecule has 0 radical (unpaired) electrons. The van der Waals surface area contributed by atoms with Crippen molar-refractivity contribution in [2.24, 2.45) is 0 Å². The Kier molecular flexibility index (Phi) is 5.50. The van der Waals surface area contributed by atoms with Crippen LogP contribution in [-0.4, -0.2) is 14.7 Å². The Hall–Kier alpha value is -2.97. The summed E-state index contributed by atoms with van der Waals surface area (Å²) in [6.45, 7) is 3.05. The SMILES string of the molecule is N#Cc1ccc(CN(Cc2cccc(F)c2)Cc2cc3n(n2)CCCC3)cc1. The zero-order chi connectivity index (χ0) is 19.3. The lowest BCUT2D eigenvalue weighted by Crippen LogP contribution is -2.23. The average Bonchev–Trinajstić information content (AvgIpc) is 3.11. The summed E-state index contributed by atoms with van der Waals surface area (Å²) in [5.74, 6) is -0.215. The normalized spacial score (nSPS) is 13.3. The van der Waals surface area contributed by atoms with Crippen LogP contribution in [0.5, 0.6) is 0 Å². The van der Waals surface area contributed by atoms with Crippen LogP contribution >= 0.6 is 0 Å². The van der Waals surface area contributed by atoms with E-state index < -0.39 is 0 Å². The summed E-state index contributed by atoms with van der Waals surface area (Å²) in [5.41, 5.74) is 5.09. The molecular formula is C23H23FN4. The molecule has 1 aromatic heterocycles. The van der Waals surface area contributed by atoms with E-state index in [4.69, 9.17) is 10.4 Å². The maximum Gasteiger partial charge on any atom is 0.123 e. The zero-order valence-corrected chi connectivity index (χ0v) is 15.8. The largest absolute Gasteiger partial charge is 0.289 e. The van der Waals surface area contributed by atoms with Gasteiger partial charge in [0, 0.05) is 31.9 Å². The molecule has 0 saturated heterocycles. The molecule has 142 valence electrons. The van der Waals surface area contributed by atoms with Gasteiger partial charge >= 0.3 is 0 Å². The molecule has 1 aliphatic heterocycles. The van der Waals surface area contributed by atoms with Crippen LogP contribution in [0.1, 0.15) is 40.9 Å². The monoisotopic (exact) mass is 374 g/mol. The number of nitriles is 1. The standard InChI is InChI=1S/C23H23FN4/c24-21-5-3-4-20(12-21)16-27(15-19-9-7-18(14-25)8-10-19)17-22-13-23-6-1-2-11-28(23)26-22/h3-5,7-10,12-13H,1-2,6,11,15-17H2. The molecule has 0 N–H and O–H groups in total. The van der Waals surface area contributed by atoms with E-state index in [2.05, 4.69) is 21.7 Å². The Bertz CT molecular complexity index is 961. The highest BCUT2D eigenvalue weighted by Gasteiger charge is 2.15. The number of benzene rings is 2. The van der Waals surface area contributed by atoms with E-state index in [1.807, 2.05) is 30.3 Å². The molecule has 3 aromatic rings. The van der Waals surface area contributed by atoms with Crippen molar-refractivity contribution in [3.63, 3.8) is 0 Å². The topological polar surface area (TPSA) is 44.9 Å². The van der Waals surface area contributed by atoms with Crippen molar-refractivity contribution in [2.45, 2.75) is 45.4 Å². The summed E-state index contributed by atoms with van der Waals surface area (Å²) in [7, 11) is 0. The first kappa shape index (κ1) is 18.4. The lowest BCUT2D eigenvalue weighted by molar-refractivity contribution is 0.243. The molecule has 0 spiro atoms. The minimum Gasteiger partial charge on any atom is -0.289 e. The number of fused-ring (bicyclic) bond motifs is 1. The first-order valence-corrected chi connectivity index (χ1v) is 9.71. The fourth-order valence-electron chi connectivity index (χ4n) is 3.79. The summed E-state index contributed by atoms with van der Waals surface area (Å²) in [4.78, 5) is 2.27. The number of halogens is 1. The minimum atomic E-state index is -0.215. The minimum absolute atomic E-state index is 0.215. The van der Waals surface area contributed by atoms with Crippen LogP contribution in [0.2, 0.25) is 0 Å². The number of hydrogen-bond donors (Lipinski definition) is 0. The van der Waals surface area contributed by atoms with Gasteiger partial charge in [0.25, 0.3) is 0 Å². The molecule has 2 heterocycles. The van der Waals surface area contributed by atoms with Crippen LogP contribution in [-0.2, 0) is 32.6 Å². The number of rotatable bonds is 6. The molecule has 4 nitrogen and oxygen atoms in total. The van der Waals surface area contributed by atoms with Crippen LogP contribution in [0.3, 0.4) is 0 Å². The molecule has 2 aromatic carbocycles. The van der Waals surface area contributed by atoms with E-state index in [1.165, 1.54) is 24.6 Å². The Morgan fingerprint density at radius 2 is 1.82 bits per heavy atom. The predicted molar refractivity (Wildman–Crippen MR) is 106 cm³/mol. The van der Waals surface area contributed by atoms with Gasteiger partial charge in [-0.25, -0.2) is 4.39 Å². The van der Waals surface area contributed by atoms with Crippen molar-refractivity contribution < 1.29 is 4.39 Å². The number of hydrogen-bond acceptors (Lipinski definition) is 3. The second-order valence-corrected chi connectivity index (χ2v) is 7.39. The molecule has 0 amide bonds. The summed E-state index contributed by atoms with van der Waals surface area (Å²) < 4.78 is 15.8. The maximum atomic E-state index is 13.6. The highest BCUT2D eigenvalue weighted by atomic mass is 19.1. The van der Waals surface area contributed by atoms with Crippen LogP contribution in [0.4, 0.5) is 4.39 Å². The third kappa shape index (κ3) is 4.47. The number of aromatic nitrogens is 2. The Labute approximate surface area is 164 Å². The quantitative estimate of drug-likeness (QED) is 0.641. The van der Waals surface area contributed by atoms with Gasteiger partial charge in [0.2, 0.25) is 0 Å². The third-order valence-electron chi connectivity index (χ3n) is 5.14. The van der Waals surface area contributed by atoms with Crippen LogP contribution in [0, 0.1) is 17.1 Å². The van der Waals surface area contributed by atoms with E-state index in [-0.39, 0.29) is 5.82 Å². The van der Waals surface area contributed by atoms with E-state index in [0.717, 1.165) is 29.8 Å². The fraction of sp³-hybridized carbons (Fsp3) is 0.304. The van der Waals surface area contributed by atoms with Crippen LogP contribution < -0.4 is 0 Å². The van der Waals surface area contributed by atoms with Crippen molar-refractivity contribution >= 4 is 0 Å². The molecule has 0 aliphatic carbocycles. The lowest BCUT2D eigenvalue weighted by atomic mass is 10.1. The zero-order valence-electron chi connectivity index (χ0n) is 15.8. The molecule has 0 fully saturated rings. The molecular weight excluding hydrogens is 351 g/mol. The Balaban J connectivity index is 1.54. The van der Waals surface area contributed by atoms with Gasteiger partial charge in [-0.05, 0) is 60.7 Å². The highest BCUT2D eigenvalue weighted by molar-refractivity contribution is 5.31. The molecule has 4 rings (SSSR count). The number of nitrogens with zero attached hydrogens (tertiary/aromatic N) is 4. The first-order valence-electron chi connectivity index (χ1n) is 9.71. The molecule has 0 atom stereocenters. The lowest BCUT2D eigenvalue weighted by Gasteiger charge is -2.22. The molecule has 28 heavy (non-hydrogen) atoms. The molecule has 5 heteroatoms. The van der Waals surface area contributed by atoms with Crippen molar-refractivity contribution in [1.29, 1.82) is 5.26 Å². The third-order valence-corrected chi connectivity index (χ3v) is 5.14. The summed E-state index contributed by atoms with van der Waals surface area (Å²) in [5, 5.41) is 13.8. The number of aryl methyl sites for hydroxylation is 2. The Morgan fingerprint density at radius 3 is 2.57 bits per heavy atom. The molecule has 0 saturated carbocycles. The van der Waals surface area contributed by atoms with Gasteiger partial charge in [-0.15, -0.1) is 0 Å². The van der Waals surface area contributed by atoms with Crippen molar-refractivity contribution in [2.75, 3.05) is 0 Å². The molecule has 1 aliphatic rings. The average molecular weight is 374 g/mol. The van der Waals surface area contributed by atoms with Gasteiger partial charge < -0.3 is 0 Å². The van der Waals surface area contributed by atoms with Crippen molar-refractivity contribution in [3.8, 4) is 6.07 Å². The van der Waals surface area contributed by atoms with Gasteiger partial charge in [0.15, 0.2) is 0 Å². The molecule has 0 bridgehead atoms. The van der Waals surface area contributed by atoms with E-state index in [1.54, 1.807) is 12.1 Å². The predicted octanol–water partition coefficient (Wildman–Crippen LogP) is 4.43. The summed E-state index contributed by atoms with van der Waals surface area (Å²) in [6, 6.07) is 18.8. The second kappa shape index (κ2) is 8.37. The fourth-order valence-corrected chi connectivity index (χ4v) is 3.79. The summed E-state index contributed by atoms with van der Waals surface area (Å²) >= 11 is 0. The summed E-state index contributed by atoms with van der Waals surface area (Å²) in [6.07, 6.45) is 3.50. The van der Waals surface area contributed by atoms with Crippen molar-refractivity contribution in [1.82, 2.24) is 14.7 Å². The van der Waals surface area contributed by atoms with Gasteiger partial charge in [0.1, 0.15) is 5.82 Å². The van der Waals surface area contributed by atoms with Gasteiger partial charge in [-0.3, -0.25) is 9.58 Å². The smallest absolute Gasteiger partial charge is 0.123 e. The van der Waals surface area contributed by atoms with E-state index >= 15 is 0 Å². The maximum absolute atomic E-state index is 13.6. The van der Waals surface area contributed by atoms with Crippen molar-refractivity contribution in [3.05, 3.63) is 88.5 Å². The first-order chi connectivity index (χ1) is 13.7. The van der Waals surface area contributed by atoms with Gasteiger partial charge in [0.05, 0.1) is 17.3 Å². The van der Waals surface area contributed by atoms with E-state index in [0.29, 0.717) is 25.2 Å².